The summed E-state index contributed by atoms with van der Waals surface area (Å²) in [6, 6.07) is 2.12. The zero-order valence-electron chi connectivity index (χ0n) is 9.64. The Labute approximate surface area is 113 Å². The van der Waals surface area contributed by atoms with E-state index in [1.165, 1.54) is 5.56 Å². The third kappa shape index (κ3) is 2.95. The maximum atomic E-state index is 4.43. The smallest absolute Gasteiger partial charge is 0.224 e. The topological polar surface area (TPSA) is 41.1 Å². The monoisotopic (exact) mass is 312 g/mol. The summed E-state index contributed by atoms with van der Waals surface area (Å²) in [4.78, 5) is 10.7. The van der Waals surface area contributed by atoms with E-state index in [-0.39, 0.29) is 0 Å². The van der Waals surface area contributed by atoms with Gasteiger partial charge in [0, 0.05) is 26.8 Å². The van der Waals surface area contributed by atoms with Crippen LogP contribution in [0.4, 0.5) is 11.8 Å². The van der Waals surface area contributed by atoms with Crippen molar-refractivity contribution in [2.24, 2.45) is 0 Å². The van der Waals surface area contributed by atoms with E-state index in [1.807, 2.05) is 14.1 Å². The zero-order chi connectivity index (χ0) is 12.3. The lowest BCUT2D eigenvalue weighted by atomic mass is 10.3. The predicted octanol–water partition coefficient (Wildman–Crippen LogP) is 2.98. The molecule has 0 aliphatic carbocycles. The highest BCUT2D eigenvalue weighted by Gasteiger charge is 2.10. The minimum absolute atomic E-state index is 0.625. The average molecular weight is 313 g/mol. The van der Waals surface area contributed by atoms with Gasteiger partial charge >= 0.3 is 0 Å². The molecule has 2 aromatic rings. The maximum Gasteiger partial charge on any atom is 0.224 e. The Morgan fingerprint density at radius 2 is 2.35 bits per heavy atom. The first-order chi connectivity index (χ1) is 8.20. The third-order valence-corrected chi connectivity index (χ3v) is 3.60. The van der Waals surface area contributed by atoms with Crippen LogP contribution < -0.4 is 10.2 Å². The quantitative estimate of drug-likeness (QED) is 0.942. The fourth-order valence-electron chi connectivity index (χ4n) is 1.48. The summed E-state index contributed by atoms with van der Waals surface area (Å²) in [5.74, 6) is 1.51. The Bertz CT molecular complexity index is 486. The van der Waals surface area contributed by atoms with E-state index in [4.69, 9.17) is 0 Å². The molecule has 0 unspecified atom stereocenters. The van der Waals surface area contributed by atoms with Crippen LogP contribution in [0.25, 0.3) is 0 Å². The van der Waals surface area contributed by atoms with Crippen molar-refractivity contribution in [1.29, 1.82) is 0 Å². The molecule has 0 fully saturated rings. The van der Waals surface area contributed by atoms with E-state index in [1.54, 1.807) is 17.5 Å². The van der Waals surface area contributed by atoms with Gasteiger partial charge in [-0.3, -0.25) is 0 Å². The molecule has 0 aliphatic rings. The molecule has 17 heavy (non-hydrogen) atoms. The summed E-state index contributed by atoms with van der Waals surface area (Å²) in [5, 5.41) is 7.16. The molecule has 2 rings (SSSR count). The first-order valence-electron chi connectivity index (χ1n) is 5.13. The number of hydrogen-bond donors (Lipinski definition) is 1. The molecule has 0 bridgehead atoms. The van der Waals surface area contributed by atoms with Gasteiger partial charge in [-0.2, -0.15) is 16.3 Å². The van der Waals surface area contributed by atoms with Crippen molar-refractivity contribution in [2.75, 3.05) is 24.3 Å². The van der Waals surface area contributed by atoms with Gasteiger partial charge in [-0.1, -0.05) is 0 Å². The van der Waals surface area contributed by atoms with Crippen LogP contribution in [0.1, 0.15) is 5.56 Å². The molecule has 0 radical (unpaired) electrons. The zero-order valence-corrected chi connectivity index (χ0v) is 12.0. The molecule has 0 atom stereocenters. The van der Waals surface area contributed by atoms with Gasteiger partial charge in [0.25, 0.3) is 0 Å². The first-order valence-corrected chi connectivity index (χ1v) is 6.87. The second-order valence-corrected chi connectivity index (χ2v) is 5.24. The number of rotatable bonds is 4. The lowest BCUT2D eigenvalue weighted by Gasteiger charge is -2.19. The van der Waals surface area contributed by atoms with Crippen LogP contribution >= 0.6 is 27.3 Å². The second kappa shape index (κ2) is 5.46. The highest BCUT2D eigenvalue weighted by atomic mass is 79.9. The standard InChI is InChI=1S/C11H13BrN4S/c1-13-11-14-5-9(12)10(15-11)16(2)6-8-3-4-17-7-8/h3-5,7H,6H2,1-2H3,(H,13,14,15). The molecule has 0 saturated heterocycles. The summed E-state index contributed by atoms with van der Waals surface area (Å²) < 4.78 is 0.897. The summed E-state index contributed by atoms with van der Waals surface area (Å²) in [6.07, 6.45) is 1.76. The van der Waals surface area contributed by atoms with E-state index in [9.17, 15) is 0 Å². The first kappa shape index (κ1) is 12.3. The Hall–Kier alpha value is -1.14. The molecule has 0 aliphatic heterocycles. The summed E-state index contributed by atoms with van der Waals surface area (Å²) in [5.41, 5.74) is 1.29. The van der Waals surface area contributed by atoms with E-state index in [2.05, 4.69) is 52.9 Å². The van der Waals surface area contributed by atoms with Crippen LogP contribution in [0.3, 0.4) is 0 Å². The van der Waals surface area contributed by atoms with E-state index < -0.39 is 0 Å². The third-order valence-electron chi connectivity index (χ3n) is 2.31. The van der Waals surface area contributed by atoms with Gasteiger partial charge in [-0.25, -0.2) is 4.98 Å². The summed E-state index contributed by atoms with van der Waals surface area (Å²) >= 11 is 5.18. The van der Waals surface area contributed by atoms with Gasteiger partial charge < -0.3 is 10.2 Å². The van der Waals surface area contributed by atoms with E-state index >= 15 is 0 Å². The minimum Gasteiger partial charge on any atom is -0.357 e. The van der Waals surface area contributed by atoms with Crippen LogP contribution in [0.15, 0.2) is 27.5 Å². The van der Waals surface area contributed by atoms with Crippen molar-refractivity contribution >= 4 is 39.0 Å². The molecular weight excluding hydrogens is 300 g/mol. The molecule has 90 valence electrons. The number of aromatic nitrogens is 2. The lowest BCUT2D eigenvalue weighted by Crippen LogP contribution is -2.18. The Balaban J connectivity index is 2.20. The molecule has 2 aromatic heterocycles. The van der Waals surface area contributed by atoms with Gasteiger partial charge in [0.05, 0.1) is 4.47 Å². The van der Waals surface area contributed by atoms with E-state index in [0.717, 1.165) is 16.8 Å². The highest BCUT2D eigenvalue weighted by molar-refractivity contribution is 9.10. The van der Waals surface area contributed by atoms with Crippen molar-refractivity contribution < 1.29 is 0 Å². The Kier molecular flexibility index (Phi) is 3.96. The normalized spacial score (nSPS) is 10.3. The summed E-state index contributed by atoms with van der Waals surface area (Å²) in [6.45, 7) is 0.836. The van der Waals surface area contributed by atoms with E-state index in [0.29, 0.717) is 5.95 Å². The molecule has 0 amide bonds. The molecule has 4 nitrogen and oxygen atoms in total. The minimum atomic E-state index is 0.625. The van der Waals surface area contributed by atoms with Gasteiger partial charge in [0.15, 0.2) is 0 Å². The number of thiophene rings is 1. The largest absolute Gasteiger partial charge is 0.357 e. The average Bonchev–Trinajstić information content (AvgIpc) is 2.82. The highest BCUT2D eigenvalue weighted by Crippen LogP contribution is 2.24. The lowest BCUT2D eigenvalue weighted by molar-refractivity contribution is 0.890. The van der Waals surface area contributed by atoms with Crippen LogP contribution in [-0.2, 0) is 6.54 Å². The molecule has 2 heterocycles. The van der Waals surface area contributed by atoms with Crippen molar-refractivity contribution in [2.45, 2.75) is 6.54 Å². The van der Waals surface area contributed by atoms with Crippen molar-refractivity contribution in [3.63, 3.8) is 0 Å². The predicted molar refractivity (Wildman–Crippen MR) is 75.7 cm³/mol. The van der Waals surface area contributed by atoms with Crippen LogP contribution in [0, 0.1) is 0 Å². The van der Waals surface area contributed by atoms with Gasteiger partial charge in [0.2, 0.25) is 5.95 Å². The van der Waals surface area contributed by atoms with Crippen LogP contribution in [-0.4, -0.2) is 24.1 Å². The van der Waals surface area contributed by atoms with Crippen molar-refractivity contribution in [3.05, 3.63) is 33.1 Å². The molecule has 6 heteroatoms. The maximum absolute atomic E-state index is 4.43. The fraction of sp³-hybridized carbons (Fsp3) is 0.273. The molecule has 0 spiro atoms. The second-order valence-electron chi connectivity index (χ2n) is 3.60. The van der Waals surface area contributed by atoms with Crippen molar-refractivity contribution in [1.82, 2.24) is 9.97 Å². The number of nitrogens with one attached hydrogen (secondary N) is 1. The van der Waals surface area contributed by atoms with Gasteiger partial charge in [0.1, 0.15) is 5.82 Å². The number of hydrogen-bond acceptors (Lipinski definition) is 5. The molecular formula is C11H13BrN4S. The van der Waals surface area contributed by atoms with Gasteiger partial charge in [-0.05, 0) is 38.3 Å². The Morgan fingerprint density at radius 3 is 3.00 bits per heavy atom. The summed E-state index contributed by atoms with van der Waals surface area (Å²) in [7, 11) is 3.83. The number of halogens is 1. The Morgan fingerprint density at radius 1 is 1.53 bits per heavy atom. The van der Waals surface area contributed by atoms with Gasteiger partial charge in [-0.15, -0.1) is 0 Å². The molecule has 0 saturated carbocycles. The van der Waals surface area contributed by atoms with Crippen molar-refractivity contribution in [3.8, 4) is 0 Å². The number of anilines is 2. The fourth-order valence-corrected chi connectivity index (χ4v) is 2.63. The molecule has 1 N–H and O–H groups in total. The SMILES string of the molecule is CNc1ncc(Br)c(N(C)Cc2ccsc2)n1. The van der Waals surface area contributed by atoms with Crippen LogP contribution in [0.2, 0.25) is 0 Å². The molecule has 0 aromatic carbocycles. The van der Waals surface area contributed by atoms with Crippen LogP contribution in [0.5, 0.6) is 0 Å². The number of nitrogens with zero attached hydrogens (tertiary/aromatic N) is 3.